The van der Waals surface area contributed by atoms with Crippen molar-refractivity contribution in [2.75, 3.05) is 5.73 Å². The number of nitrogens with two attached hydrogens (primary N) is 1. The van der Waals surface area contributed by atoms with Gasteiger partial charge in [0.1, 0.15) is 0 Å². The predicted molar refractivity (Wildman–Crippen MR) is 58.4 cm³/mol. The van der Waals surface area contributed by atoms with E-state index in [4.69, 9.17) is 5.73 Å². The van der Waals surface area contributed by atoms with Gasteiger partial charge in [0.15, 0.2) is 0 Å². The molecular weight excluding hydrogens is 204 g/mol. The highest BCUT2D eigenvalue weighted by molar-refractivity contribution is 5.59. The molecule has 16 heavy (non-hydrogen) atoms. The van der Waals surface area contributed by atoms with Crippen LogP contribution in [0.25, 0.3) is 17.0 Å². The summed E-state index contributed by atoms with van der Waals surface area (Å²) in [7, 11) is 0. The van der Waals surface area contributed by atoms with E-state index >= 15 is 0 Å². The zero-order chi connectivity index (χ0) is 11.0. The summed E-state index contributed by atoms with van der Waals surface area (Å²) in [6.07, 6.45) is 1.64. The van der Waals surface area contributed by atoms with Gasteiger partial charge in [-0.3, -0.25) is 0 Å². The van der Waals surface area contributed by atoms with Crippen LogP contribution < -0.4 is 5.73 Å². The van der Waals surface area contributed by atoms with Gasteiger partial charge in [0.25, 0.3) is 5.78 Å². The first-order chi connectivity index (χ1) is 7.84. The normalized spacial score (nSPS) is 10.8. The largest absolute Gasteiger partial charge is 0.366 e. The van der Waals surface area contributed by atoms with E-state index in [0.29, 0.717) is 5.78 Å². The topological polar surface area (TPSA) is 82.0 Å². The number of nitrogens with zero attached hydrogens (tertiary/aromatic N) is 5. The smallest absolute Gasteiger partial charge is 0.274 e. The molecule has 2 heterocycles. The second kappa shape index (κ2) is 3.27. The monoisotopic (exact) mass is 212 g/mol. The molecular formula is C10H8N6. The van der Waals surface area contributed by atoms with Gasteiger partial charge in [-0.25, -0.2) is 4.98 Å². The molecule has 0 unspecified atom stereocenters. The van der Waals surface area contributed by atoms with Crippen molar-refractivity contribution in [3.8, 4) is 11.3 Å². The second-order valence-electron chi connectivity index (χ2n) is 3.28. The quantitative estimate of drug-likeness (QED) is 0.644. The number of anilines is 1. The Labute approximate surface area is 90.8 Å². The van der Waals surface area contributed by atoms with E-state index in [1.54, 1.807) is 6.20 Å². The summed E-state index contributed by atoms with van der Waals surface area (Å²) in [6, 6.07) is 9.75. The Balaban J connectivity index is 2.19. The lowest BCUT2D eigenvalue weighted by atomic mass is 10.2. The van der Waals surface area contributed by atoms with Crippen molar-refractivity contribution in [2.24, 2.45) is 0 Å². The molecule has 0 saturated heterocycles. The van der Waals surface area contributed by atoms with Crippen LogP contribution in [0, 0.1) is 0 Å². The van der Waals surface area contributed by atoms with Crippen LogP contribution in [0.15, 0.2) is 36.5 Å². The summed E-state index contributed by atoms with van der Waals surface area (Å²) >= 11 is 0. The summed E-state index contributed by atoms with van der Waals surface area (Å²) in [6.45, 7) is 0. The van der Waals surface area contributed by atoms with E-state index in [9.17, 15) is 0 Å². The maximum atomic E-state index is 5.55. The van der Waals surface area contributed by atoms with Crippen LogP contribution in [0.2, 0.25) is 0 Å². The van der Waals surface area contributed by atoms with Crippen LogP contribution in [0.4, 0.5) is 5.95 Å². The Morgan fingerprint density at radius 2 is 1.88 bits per heavy atom. The van der Waals surface area contributed by atoms with Gasteiger partial charge in [0.05, 0.1) is 11.9 Å². The highest BCUT2D eigenvalue weighted by Gasteiger charge is 2.06. The number of aromatic nitrogens is 5. The third-order valence-electron chi connectivity index (χ3n) is 2.23. The molecule has 0 aliphatic heterocycles. The van der Waals surface area contributed by atoms with E-state index in [0.717, 1.165) is 11.3 Å². The number of hydrogen-bond donors (Lipinski definition) is 1. The molecule has 0 radical (unpaired) electrons. The van der Waals surface area contributed by atoms with E-state index in [2.05, 4.69) is 20.3 Å². The van der Waals surface area contributed by atoms with Crippen molar-refractivity contribution in [2.45, 2.75) is 0 Å². The van der Waals surface area contributed by atoms with Crippen molar-refractivity contribution in [1.29, 1.82) is 0 Å². The van der Waals surface area contributed by atoms with Gasteiger partial charge in [-0.2, -0.15) is 9.61 Å². The first-order valence-electron chi connectivity index (χ1n) is 4.74. The summed E-state index contributed by atoms with van der Waals surface area (Å²) in [4.78, 5) is 4.31. The van der Waals surface area contributed by atoms with Crippen LogP contribution in [-0.4, -0.2) is 24.8 Å². The Kier molecular flexibility index (Phi) is 1.79. The Morgan fingerprint density at radius 3 is 2.69 bits per heavy atom. The molecule has 0 atom stereocenters. The molecule has 0 saturated carbocycles. The molecule has 1 aromatic carbocycles. The van der Waals surface area contributed by atoms with Crippen molar-refractivity contribution in [1.82, 2.24) is 24.8 Å². The molecule has 3 rings (SSSR count). The molecule has 78 valence electrons. The number of hydrogen-bond acceptors (Lipinski definition) is 5. The molecule has 0 amide bonds. The maximum Gasteiger partial charge on any atom is 0.274 e. The van der Waals surface area contributed by atoms with Gasteiger partial charge in [0.2, 0.25) is 5.95 Å². The van der Waals surface area contributed by atoms with E-state index in [1.807, 2.05) is 30.3 Å². The van der Waals surface area contributed by atoms with E-state index in [1.165, 1.54) is 4.52 Å². The number of benzene rings is 1. The van der Waals surface area contributed by atoms with E-state index in [-0.39, 0.29) is 5.95 Å². The van der Waals surface area contributed by atoms with Gasteiger partial charge < -0.3 is 5.73 Å². The average molecular weight is 212 g/mol. The van der Waals surface area contributed by atoms with E-state index < -0.39 is 0 Å². The molecule has 0 aliphatic carbocycles. The molecule has 2 N–H and O–H groups in total. The molecule has 0 spiro atoms. The molecule has 0 bridgehead atoms. The molecule has 0 aliphatic rings. The molecule has 6 nitrogen and oxygen atoms in total. The van der Waals surface area contributed by atoms with Crippen molar-refractivity contribution in [3.63, 3.8) is 0 Å². The first-order valence-corrected chi connectivity index (χ1v) is 4.74. The van der Waals surface area contributed by atoms with Crippen LogP contribution in [0.1, 0.15) is 0 Å². The van der Waals surface area contributed by atoms with Crippen molar-refractivity contribution < 1.29 is 0 Å². The SMILES string of the molecule is Nc1nnc2nc(-c3ccccc3)cnn12. The maximum absolute atomic E-state index is 5.55. The highest BCUT2D eigenvalue weighted by atomic mass is 15.4. The number of rotatable bonds is 1. The zero-order valence-corrected chi connectivity index (χ0v) is 8.28. The zero-order valence-electron chi connectivity index (χ0n) is 8.28. The fraction of sp³-hybridized carbons (Fsp3) is 0. The first kappa shape index (κ1) is 8.78. The number of nitrogen functional groups attached to an aromatic ring is 1. The standard InChI is InChI=1S/C10H8N6/c11-9-14-15-10-13-8(6-12-16(9)10)7-4-2-1-3-5-7/h1-6H,(H2,11,14). The molecule has 6 heteroatoms. The Hall–Kier alpha value is -2.50. The lowest BCUT2D eigenvalue weighted by molar-refractivity contribution is 0.913. The summed E-state index contributed by atoms with van der Waals surface area (Å²) in [5.41, 5.74) is 7.29. The average Bonchev–Trinajstić information content (AvgIpc) is 2.72. The lowest BCUT2D eigenvalue weighted by Crippen LogP contribution is -2.00. The minimum Gasteiger partial charge on any atom is -0.366 e. The third-order valence-corrected chi connectivity index (χ3v) is 2.23. The minimum atomic E-state index is 0.238. The number of fused-ring (bicyclic) bond motifs is 1. The fourth-order valence-electron chi connectivity index (χ4n) is 1.46. The highest BCUT2D eigenvalue weighted by Crippen LogP contribution is 2.15. The van der Waals surface area contributed by atoms with Gasteiger partial charge in [-0.05, 0) is 0 Å². The Morgan fingerprint density at radius 1 is 1.06 bits per heavy atom. The minimum absolute atomic E-state index is 0.238. The van der Waals surface area contributed by atoms with Crippen LogP contribution in [0.5, 0.6) is 0 Å². The van der Waals surface area contributed by atoms with Gasteiger partial charge in [-0.1, -0.05) is 30.3 Å². The van der Waals surface area contributed by atoms with Crippen molar-refractivity contribution in [3.05, 3.63) is 36.5 Å². The van der Waals surface area contributed by atoms with Gasteiger partial charge in [-0.15, -0.1) is 10.2 Å². The summed E-state index contributed by atoms with van der Waals surface area (Å²) < 4.78 is 1.40. The van der Waals surface area contributed by atoms with Gasteiger partial charge >= 0.3 is 0 Å². The molecule has 0 fully saturated rings. The molecule has 3 aromatic rings. The summed E-state index contributed by atoms with van der Waals surface area (Å²) in [5, 5.41) is 11.6. The predicted octanol–water partition coefficient (Wildman–Crippen LogP) is 0.768. The third kappa shape index (κ3) is 1.28. The fourth-order valence-corrected chi connectivity index (χ4v) is 1.46. The summed E-state index contributed by atoms with van der Waals surface area (Å²) in [5.74, 6) is 0.640. The second-order valence-corrected chi connectivity index (χ2v) is 3.28. The Bertz CT molecular complexity index is 630. The molecule has 2 aromatic heterocycles. The van der Waals surface area contributed by atoms with Gasteiger partial charge in [0, 0.05) is 5.56 Å². The van der Waals surface area contributed by atoms with Crippen LogP contribution in [-0.2, 0) is 0 Å². The lowest BCUT2D eigenvalue weighted by Gasteiger charge is -1.99. The van der Waals surface area contributed by atoms with Crippen LogP contribution in [0.3, 0.4) is 0 Å². The van der Waals surface area contributed by atoms with Crippen molar-refractivity contribution >= 4 is 11.7 Å². The van der Waals surface area contributed by atoms with Crippen LogP contribution >= 0.6 is 0 Å².